The largest absolute Gasteiger partial charge is 0.466 e. The number of likely N-dealkylation sites (tertiary alicyclic amines) is 1. The highest BCUT2D eigenvalue weighted by atomic mass is 16.5. The number of hydrazone groups is 1. The van der Waals surface area contributed by atoms with Gasteiger partial charge in [-0.1, -0.05) is 49.8 Å². The van der Waals surface area contributed by atoms with E-state index in [-0.39, 0.29) is 17.4 Å². The van der Waals surface area contributed by atoms with Gasteiger partial charge in [0.2, 0.25) is 0 Å². The fraction of sp³-hybridized carbons (Fsp3) is 0.641. The molecule has 274 valence electrons. The Hall–Kier alpha value is -3.36. The Labute approximate surface area is 297 Å². The van der Waals surface area contributed by atoms with Crippen LogP contribution in [-0.2, 0) is 19.1 Å². The van der Waals surface area contributed by atoms with Gasteiger partial charge in [-0.3, -0.25) is 19.6 Å². The van der Waals surface area contributed by atoms with Crippen molar-refractivity contribution >= 4 is 25.8 Å². The van der Waals surface area contributed by atoms with Gasteiger partial charge in [-0.05, 0) is 78.1 Å². The first-order chi connectivity index (χ1) is 23.4. The quantitative estimate of drug-likeness (QED) is 0.0626. The Balaban J connectivity index is 0.000000416. The molecular formula is C39H64N6O4. The zero-order valence-corrected chi connectivity index (χ0v) is 31.4. The third kappa shape index (κ3) is 14.6. The Bertz CT molecular complexity index is 1150. The molecule has 4 rings (SSSR count). The molecule has 2 saturated heterocycles. The monoisotopic (exact) mass is 680 g/mol. The number of carbonyl (C=O) groups excluding carboxylic acids is 3. The molecule has 0 unspecified atom stereocenters. The zero-order chi connectivity index (χ0) is 36.9. The van der Waals surface area contributed by atoms with E-state index in [9.17, 15) is 14.4 Å². The third-order valence-corrected chi connectivity index (χ3v) is 9.93. The molecule has 2 aliphatic heterocycles. The van der Waals surface area contributed by atoms with Crippen LogP contribution < -0.4 is 5.32 Å². The van der Waals surface area contributed by atoms with E-state index in [0.29, 0.717) is 24.4 Å². The van der Waals surface area contributed by atoms with Crippen LogP contribution in [0.25, 0.3) is 0 Å². The van der Waals surface area contributed by atoms with Crippen molar-refractivity contribution in [3.63, 3.8) is 0 Å². The maximum absolute atomic E-state index is 11.4. The molecule has 1 spiro atoms. The maximum Gasteiger partial charge on any atom is 0.293 e. The summed E-state index contributed by atoms with van der Waals surface area (Å²) >= 11 is 0. The third-order valence-electron chi connectivity index (χ3n) is 9.93. The highest BCUT2D eigenvalue weighted by Gasteiger charge is 2.50. The van der Waals surface area contributed by atoms with Crippen molar-refractivity contribution in [2.24, 2.45) is 27.8 Å². The summed E-state index contributed by atoms with van der Waals surface area (Å²) in [5.41, 5.74) is 3.04. The summed E-state index contributed by atoms with van der Waals surface area (Å²) in [6, 6.07) is 0.178. The van der Waals surface area contributed by atoms with Gasteiger partial charge in [-0.25, -0.2) is 0 Å². The average molecular weight is 681 g/mol. The van der Waals surface area contributed by atoms with Crippen molar-refractivity contribution in [3.05, 3.63) is 47.7 Å². The molecule has 10 heteroatoms. The lowest BCUT2D eigenvalue weighted by Crippen LogP contribution is -2.58. The molecule has 0 radical (unpaired) electrons. The number of nitrogens with one attached hydrogen (secondary N) is 1. The van der Waals surface area contributed by atoms with Gasteiger partial charge in [0.1, 0.15) is 19.2 Å². The minimum Gasteiger partial charge on any atom is -0.466 e. The molecule has 3 fully saturated rings. The van der Waals surface area contributed by atoms with Gasteiger partial charge in [0.15, 0.2) is 0 Å². The summed E-state index contributed by atoms with van der Waals surface area (Å²) in [5.74, 6) is 0.534. The van der Waals surface area contributed by atoms with Gasteiger partial charge in [-0.15, -0.1) is 12.8 Å². The van der Waals surface area contributed by atoms with E-state index in [1.165, 1.54) is 17.6 Å². The Kier molecular flexibility index (Phi) is 20.6. The van der Waals surface area contributed by atoms with E-state index >= 15 is 0 Å². The summed E-state index contributed by atoms with van der Waals surface area (Å²) < 4.78 is 4.81. The molecule has 4 aliphatic rings. The zero-order valence-electron chi connectivity index (χ0n) is 31.4. The molecule has 1 N–H and O–H groups in total. The lowest BCUT2D eigenvalue weighted by atomic mass is 9.63. The number of ether oxygens (including phenoxy) is 1. The number of rotatable bonds is 16. The molecule has 10 nitrogen and oxygen atoms in total. The average Bonchev–Trinajstić information content (AvgIpc) is 3.48. The fourth-order valence-electron chi connectivity index (χ4n) is 6.34. The summed E-state index contributed by atoms with van der Waals surface area (Å²) in [6.07, 6.45) is 28.5. The van der Waals surface area contributed by atoms with Crippen LogP contribution in [0.2, 0.25) is 0 Å². The first kappa shape index (κ1) is 43.7. The standard InChI is InChI=1S/C19H33N5O.C11H17NO2.C7H12O.C2H2/c1-5-6-8-22(4)16-24(20-3)10-17(2)7-9-23-11-18(12-25)19(15-23)13-21-14-19;1-12(2)11(8-14-9-13)10-6-4-3-5-7-10;1-7(2)4-3-6(7)5-8;1-2/h5-6,10,12,18,21H,3,7-9,11,13-16H2,1-2,4H3;4,6-7,9,11H,3,5,8H2,1-2H3;5-6H,3-4H2,1-2H3;1-2H/b6-5-,17-10+;;;/t18-;11-;6-;/m001./s1. The number of nitrogens with zero attached hydrogens (tertiary/aromatic N) is 5. The molecule has 3 atom stereocenters. The minimum absolute atomic E-state index is 0.178. The predicted octanol–water partition coefficient (Wildman–Crippen LogP) is 4.62. The van der Waals surface area contributed by atoms with Crippen LogP contribution in [0.15, 0.2) is 52.8 Å². The Morgan fingerprint density at radius 2 is 1.86 bits per heavy atom. The lowest BCUT2D eigenvalue weighted by molar-refractivity contribution is -0.129. The predicted molar refractivity (Wildman–Crippen MR) is 202 cm³/mol. The first-order valence-corrected chi connectivity index (χ1v) is 17.4. The number of hydrogen-bond donors (Lipinski definition) is 1. The summed E-state index contributed by atoms with van der Waals surface area (Å²) in [5, 5.41) is 9.31. The van der Waals surface area contributed by atoms with Crippen LogP contribution in [0.4, 0.5) is 0 Å². The second-order valence-electron chi connectivity index (χ2n) is 14.4. The molecule has 2 aliphatic carbocycles. The van der Waals surface area contributed by atoms with Crippen LogP contribution >= 0.6 is 0 Å². The summed E-state index contributed by atoms with van der Waals surface area (Å²) in [6.45, 7) is 19.6. The number of carbonyl (C=O) groups is 3. The van der Waals surface area contributed by atoms with Crippen molar-refractivity contribution in [2.75, 3.05) is 73.7 Å². The van der Waals surface area contributed by atoms with Crippen molar-refractivity contribution in [1.82, 2.24) is 25.0 Å². The molecule has 2 heterocycles. The van der Waals surface area contributed by atoms with Crippen molar-refractivity contribution < 1.29 is 19.1 Å². The molecule has 0 aromatic carbocycles. The van der Waals surface area contributed by atoms with Gasteiger partial charge in [0.25, 0.3) is 6.47 Å². The summed E-state index contributed by atoms with van der Waals surface area (Å²) in [4.78, 5) is 38.4. The van der Waals surface area contributed by atoms with Gasteiger partial charge in [-0.2, -0.15) is 5.10 Å². The molecule has 0 bridgehead atoms. The van der Waals surface area contributed by atoms with Crippen LogP contribution in [0, 0.1) is 35.5 Å². The van der Waals surface area contributed by atoms with Crippen molar-refractivity contribution in [3.8, 4) is 12.8 Å². The SMILES string of the molecule is C#C.C=NN(/C=C(\C)CCN1C[C@@H](C=O)C2(CNC2)C1)CN(C)C/C=C\C.CC1(C)CC[C@@H]1C=O.CN(C)[C@@H](COC=O)C1=CCCC=C1. The van der Waals surface area contributed by atoms with Gasteiger partial charge >= 0.3 is 0 Å². The minimum atomic E-state index is 0.178. The first-order valence-electron chi connectivity index (χ1n) is 17.4. The van der Waals surface area contributed by atoms with E-state index in [0.717, 1.165) is 84.2 Å². The van der Waals surface area contributed by atoms with Crippen LogP contribution in [-0.4, -0.2) is 125 Å². The fourth-order valence-corrected chi connectivity index (χ4v) is 6.34. The van der Waals surface area contributed by atoms with Crippen molar-refractivity contribution in [2.45, 2.75) is 65.8 Å². The second-order valence-corrected chi connectivity index (χ2v) is 14.4. The normalized spacial score (nSPS) is 22.5. The molecule has 1 saturated carbocycles. The number of terminal acetylenes is 1. The van der Waals surface area contributed by atoms with E-state index in [1.54, 1.807) is 0 Å². The number of hydrogen-bond acceptors (Lipinski definition) is 10. The van der Waals surface area contributed by atoms with E-state index in [4.69, 9.17) is 4.74 Å². The Morgan fingerprint density at radius 1 is 1.16 bits per heavy atom. The molecule has 0 aromatic heterocycles. The topological polar surface area (TPSA) is 97.8 Å². The van der Waals surface area contributed by atoms with Gasteiger partial charge < -0.3 is 24.5 Å². The second kappa shape index (κ2) is 23.1. The highest BCUT2D eigenvalue weighted by Crippen LogP contribution is 2.44. The molecular weight excluding hydrogens is 616 g/mol. The van der Waals surface area contributed by atoms with Gasteiger partial charge in [0.05, 0.1) is 12.7 Å². The van der Waals surface area contributed by atoms with Crippen LogP contribution in [0.3, 0.4) is 0 Å². The summed E-state index contributed by atoms with van der Waals surface area (Å²) in [7, 11) is 6.04. The Morgan fingerprint density at radius 3 is 2.27 bits per heavy atom. The van der Waals surface area contributed by atoms with E-state index in [2.05, 4.69) is 109 Å². The van der Waals surface area contributed by atoms with E-state index < -0.39 is 0 Å². The number of likely N-dealkylation sites (N-methyl/N-ethyl adjacent to an activating group) is 2. The number of aldehydes is 2. The van der Waals surface area contributed by atoms with Crippen LogP contribution in [0.1, 0.15) is 59.8 Å². The molecule has 49 heavy (non-hydrogen) atoms. The molecule has 0 aromatic rings. The smallest absolute Gasteiger partial charge is 0.293 e. The number of allylic oxidation sites excluding steroid dienone is 3. The molecule has 0 amide bonds. The van der Waals surface area contributed by atoms with Gasteiger partial charge in [0, 0.05) is 69.4 Å². The van der Waals surface area contributed by atoms with E-state index in [1.807, 2.05) is 26.0 Å². The maximum atomic E-state index is 11.4. The highest BCUT2D eigenvalue weighted by molar-refractivity contribution is 5.57. The van der Waals surface area contributed by atoms with Crippen LogP contribution in [0.5, 0.6) is 0 Å². The lowest BCUT2D eigenvalue weighted by Gasteiger charge is -2.41. The van der Waals surface area contributed by atoms with Crippen molar-refractivity contribution in [1.29, 1.82) is 0 Å².